The largest absolute Gasteiger partial charge is 0.389 e. The number of aliphatic hydroxyl groups is 1. The number of halogens is 3. The van der Waals surface area contributed by atoms with Gasteiger partial charge in [-0.3, -0.25) is 9.69 Å². The minimum atomic E-state index is -0.763. The molecule has 1 amide bonds. The molecule has 1 aromatic carbocycles. The average molecular weight is 473 g/mol. The van der Waals surface area contributed by atoms with Crippen LogP contribution in [-0.2, 0) is 4.79 Å². The molecule has 2 aliphatic rings. The molecule has 5 atom stereocenters. The van der Waals surface area contributed by atoms with Crippen LogP contribution in [0.15, 0.2) is 18.2 Å². The van der Waals surface area contributed by atoms with E-state index in [-0.39, 0.29) is 41.6 Å². The summed E-state index contributed by atoms with van der Waals surface area (Å²) in [5.41, 5.74) is -0.513. The van der Waals surface area contributed by atoms with Crippen molar-refractivity contribution in [3.63, 3.8) is 0 Å². The van der Waals surface area contributed by atoms with Crippen LogP contribution in [0.1, 0.15) is 65.9 Å². The fourth-order valence-electron chi connectivity index (χ4n) is 5.56. The molecule has 182 valence electrons. The van der Waals surface area contributed by atoms with Crippen molar-refractivity contribution in [1.82, 2.24) is 9.80 Å². The number of nitrogens with zero attached hydrogens (tertiary/aromatic N) is 2. The molecule has 2 heterocycles. The predicted molar refractivity (Wildman–Crippen MR) is 126 cm³/mol. The van der Waals surface area contributed by atoms with Crippen molar-refractivity contribution in [3.8, 4) is 0 Å². The van der Waals surface area contributed by atoms with Crippen molar-refractivity contribution in [2.75, 3.05) is 26.2 Å². The van der Waals surface area contributed by atoms with Crippen molar-refractivity contribution in [2.24, 2.45) is 17.8 Å². The van der Waals surface area contributed by atoms with E-state index in [0.29, 0.717) is 31.7 Å². The zero-order valence-corrected chi connectivity index (χ0v) is 21.0. The molecule has 0 radical (unpaired) electrons. The smallest absolute Gasteiger partial charge is 0.227 e. The molecule has 3 rings (SSSR count). The van der Waals surface area contributed by atoms with Gasteiger partial charge in [-0.2, -0.15) is 0 Å². The van der Waals surface area contributed by atoms with E-state index in [1.54, 1.807) is 0 Å². The van der Waals surface area contributed by atoms with Gasteiger partial charge in [0, 0.05) is 55.5 Å². The molecule has 1 unspecified atom stereocenters. The van der Waals surface area contributed by atoms with Crippen LogP contribution in [0.4, 0.5) is 8.78 Å². The Kier molecular flexibility index (Phi) is 8.39. The molecule has 2 aliphatic heterocycles. The van der Waals surface area contributed by atoms with E-state index in [1.807, 2.05) is 18.7 Å². The minimum Gasteiger partial charge on any atom is -0.389 e. The average Bonchev–Trinajstić information content (AvgIpc) is 3.11. The van der Waals surface area contributed by atoms with Crippen LogP contribution in [0, 0.1) is 29.4 Å². The van der Waals surface area contributed by atoms with Crippen molar-refractivity contribution in [3.05, 3.63) is 35.4 Å². The maximum Gasteiger partial charge on any atom is 0.227 e. The summed E-state index contributed by atoms with van der Waals surface area (Å²) in [4.78, 5) is 17.8. The van der Waals surface area contributed by atoms with E-state index in [9.17, 15) is 18.7 Å². The van der Waals surface area contributed by atoms with Gasteiger partial charge in [-0.1, -0.05) is 33.3 Å². The first-order chi connectivity index (χ1) is 14.4. The third kappa shape index (κ3) is 5.13. The van der Waals surface area contributed by atoms with Gasteiger partial charge < -0.3 is 10.0 Å². The van der Waals surface area contributed by atoms with Crippen LogP contribution in [0.2, 0.25) is 0 Å². The quantitative estimate of drug-likeness (QED) is 0.681. The first-order valence-electron chi connectivity index (χ1n) is 11.6. The second kappa shape index (κ2) is 9.94. The van der Waals surface area contributed by atoms with Gasteiger partial charge in [0.25, 0.3) is 0 Å². The van der Waals surface area contributed by atoms with Gasteiger partial charge >= 0.3 is 0 Å². The first kappa shape index (κ1) is 27.0. The fourth-order valence-corrected chi connectivity index (χ4v) is 5.56. The topological polar surface area (TPSA) is 43.8 Å². The third-order valence-corrected chi connectivity index (χ3v) is 7.61. The highest BCUT2D eigenvalue weighted by Crippen LogP contribution is 2.41. The highest BCUT2D eigenvalue weighted by Gasteiger charge is 2.49. The molecule has 2 saturated heterocycles. The summed E-state index contributed by atoms with van der Waals surface area (Å²) < 4.78 is 28.2. The highest BCUT2D eigenvalue weighted by molar-refractivity contribution is 5.85. The molecular weight excluding hydrogens is 434 g/mol. The molecule has 32 heavy (non-hydrogen) atoms. The molecule has 0 aromatic heterocycles. The monoisotopic (exact) mass is 472 g/mol. The Morgan fingerprint density at radius 1 is 1.12 bits per heavy atom. The predicted octanol–water partition coefficient (Wildman–Crippen LogP) is 4.85. The van der Waals surface area contributed by atoms with Gasteiger partial charge in [-0.25, -0.2) is 8.78 Å². The normalized spacial score (nSPS) is 31.5. The zero-order valence-electron chi connectivity index (χ0n) is 20.2. The molecule has 0 bridgehead atoms. The lowest BCUT2D eigenvalue weighted by molar-refractivity contribution is -0.152. The van der Waals surface area contributed by atoms with Crippen LogP contribution >= 0.6 is 12.4 Å². The number of hydrogen-bond donors (Lipinski definition) is 1. The Bertz CT molecular complexity index is 802. The summed E-state index contributed by atoms with van der Waals surface area (Å²) >= 11 is 0. The summed E-state index contributed by atoms with van der Waals surface area (Å²) in [6.45, 7) is 14.5. The second-order valence-electron chi connectivity index (χ2n) is 10.7. The third-order valence-electron chi connectivity index (χ3n) is 7.61. The van der Waals surface area contributed by atoms with E-state index >= 15 is 0 Å². The Balaban J connectivity index is 0.00000363. The van der Waals surface area contributed by atoms with Crippen LogP contribution < -0.4 is 0 Å². The van der Waals surface area contributed by atoms with Crippen molar-refractivity contribution < 1.29 is 18.7 Å². The van der Waals surface area contributed by atoms with E-state index in [1.165, 1.54) is 12.1 Å². The molecule has 0 saturated carbocycles. The lowest BCUT2D eigenvalue weighted by Gasteiger charge is -2.48. The SMILES string of the molecule is CCCC1(O)[C@H](C)CN(C(=O)[C@@H]2CN(C(C)(C)C)C[C@H]2c2ccc(F)cc2F)C[C@@H]1C.Cl. The van der Waals surface area contributed by atoms with Gasteiger partial charge in [0.05, 0.1) is 11.5 Å². The van der Waals surface area contributed by atoms with E-state index < -0.39 is 23.2 Å². The maximum atomic E-state index is 14.7. The summed E-state index contributed by atoms with van der Waals surface area (Å²) in [6, 6.07) is 3.67. The van der Waals surface area contributed by atoms with Crippen LogP contribution in [0.25, 0.3) is 0 Å². The Labute approximate surface area is 197 Å². The molecular formula is C25H39ClF2N2O2. The maximum absolute atomic E-state index is 14.7. The van der Waals surface area contributed by atoms with Crippen LogP contribution in [-0.4, -0.2) is 58.1 Å². The number of carbonyl (C=O) groups excluding carboxylic acids is 1. The molecule has 1 aromatic rings. The molecule has 7 heteroatoms. The lowest BCUT2D eigenvalue weighted by atomic mass is 9.72. The molecule has 1 N–H and O–H groups in total. The van der Waals surface area contributed by atoms with E-state index in [0.717, 1.165) is 18.9 Å². The van der Waals surface area contributed by atoms with Crippen LogP contribution in [0.5, 0.6) is 0 Å². The summed E-state index contributed by atoms with van der Waals surface area (Å²) in [7, 11) is 0. The molecule has 0 aliphatic carbocycles. The van der Waals surface area contributed by atoms with Crippen molar-refractivity contribution in [1.29, 1.82) is 0 Å². The molecule has 0 spiro atoms. The summed E-state index contributed by atoms with van der Waals surface area (Å²) in [6.07, 6.45) is 1.62. The number of benzene rings is 1. The number of likely N-dealkylation sites (tertiary alicyclic amines) is 2. The number of piperidine rings is 1. The van der Waals surface area contributed by atoms with Gasteiger partial charge in [0.2, 0.25) is 5.91 Å². The van der Waals surface area contributed by atoms with Crippen molar-refractivity contribution >= 4 is 18.3 Å². The summed E-state index contributed by atoms with van der Waals surface area (Å²) in [5, 5.41) is 11.2. The Hall–Kier alpha value is -1.24. The fraction of sp³-hybridized carbons (Fsp3) is 0.720. The summed E-state index contributed by atoms with van der Waals surface area (Å²) in [5.74, 6) is -1.95. The standard InChI is InChI=1S/C25H38F2N2O2.ClH/c1-7-10-25(31)16(2)12-28(13-17(25)3)23(30)21-15-29(24(4,5)6)14-20(21)19-9-8-18(26)11-22(19)27;/h8-9,11,16-17,20-21,31H,7,10,12-15H2,1-6H3;1H/t16-,17+,20-,21+,25?;/m0./s1. The van der Waals surface area contributed by atoms with Gasteiger partial charge in [0.15, 0.2) is 0 Å². The lowest BCUT2D eigenvalue weighted by Crippen LogP contribution is -2.58. The van der Waals surface area contributed by atoms with Gasteiger partial charge in [-0.05, 0) is 38.8 Å². The Morgan fingerprint density at radius 3 is 2.22 bits per heavy atom. The van der Waals surface area contributed by atoms with Gasteiger partial charge in [-0.15, -0.1) is 12.4 Å². The minimum absolute atomic E-state index is 0. The Morgan fingerprint density at radius 2 is 1.72 bits per heavy atom. The van der Waals surface area contributed by atoms with E-state index in [4.69, 9.17) is 0 Å². The van der Waals surface area contributed by atoms with Crippen LogP contribution in [0.3, 0.4) is 0 Å². The number of rotatable bonds is 4. The molecule has 2 fully saturated rings. The number of hydrogen-bond acceptors (Lipinski definition) is 3. The van der Waals surface area contributed by atoms with Crippen molar-refractivity contribution in [2.45, 2.75) is 71.4 Å². The second-order valence-corrected chi connectivity index (χ2v) is 10.7. The first-order valence-corrected chi connectivity index (χ1v) is 11.6. The highest BCUT2D eigenvalue weighted by atomic mass is 35.5. The number of amides is 1. The number of carbonyl (C=O) groups is 1. The van der Waals surface area contributed by atoms with Gasteiger partial charge in [0.1, 0.15) is 11.6 Å². The zero-order chi connectivity index (χ0) is 23.1. The molecule has 4 nitrogen and oxygen atoms in total. The van der Waals surface area contributed by atoms with E-state index in [2.05, 4.69) is 32.6 Å².